The summed E-state index contributed by atoms with van der Waals surface area (Å²) < 4.78 is 33.8. The molecule has 0 aromatic rings. The number of thioether (sulfide) groups is 1. The van der Waals surface area contributed by atoms with Crippen LogP contribution in [0.4, 0.5) is 4.48 Å². The third-order valence-electron chi connectivity index (χ3n) is 5.47. The zero-order valence-electron chi connectivity index (χ0n) is 23.7. The fourth-order valence-electron chi connectivity index (χ4n) is 3.27. The van der Waals surface area contributed by atoms with Crippen molar-refractivity contribution in [3.8, 4) is 0 Å². The van der Waals surface area contributed by atoms with Crippen LogP contribution in [-0.4, -0.2) is 87.7 Å². The lowest BCUT2D eigenvalue weighted by atomic mass is 9.91. The third-order valence-corrected chi connectivity index (χ3v) is 7.05. The zero-order chi connectivity index (χ0) is 29.9. The molecule has 0 aromatic heterocycles. The molecule has 1 aliphatic heterocycles. The van der Waals surface area contributed by atoms with E-state index in [-0.39, 0.29) is 78.3 Å². The molecule has 0 saturated carbocycles. The van der Waals surface area contributed by atoms with Crippen molar-refractivity contribution >= 4 is 45.8 Å². The van der Waals surface area contributed by atoms with Gasteiger partial charge in [0.15, 0.2) is 16.7 Å². The molecule has 1 amide bonds. The van der Waals surface area contributed by atoms with E-state index in [4.69, 9.17) is 19.3 Å². The summed E-state index contributed by atoms with van der Waals surface area (Å²) in [5.41, 5.74) is -0.768. The van der Waals surface area contributed by atoms with Gasteiger partial charge < -0.3 is 24.4 Å². The number of halogens is 1. The molecule has 0 radical (unpaired) electrons. The van der Waals surface area contributed by atoms with Gasteiger partial charge in [-0.05, 0) is 31.2 Å². The Balaban J connectivity index is 2.34. The molecule has 11 nitrogen and oxygen atoms in total. The zero-order valence-corrected chi connectivity index (χ0v) is 25.3. The van der Waals surface area contributed by atoms with Gasteiger partial charge in [0.25, 0.3) is 5.91 Å². The number of rotatable bonds is 17. The van der Waals surface area contributed by atoms with Crippen molar-refractivity contribution in [2.45, 2.75) is 85.2 Å². The van der Waals surface area contributed by atoms with Gasteiger partial charge in [0.2, 0.25) is 5.12 Å². The molecule has 39 heavy (non-hydrogen) atoms. The van der Waals surface area contributed by atoms with E-state index in [1.54, 1.807) is 0 Å². The van der Waals surface area contributed by atoms with Crippen molar-refractivity contribution in [2.24, 2.45) is 10.8 Å². The number of aliphatic carboxylic acids is 1. The minimum atomic E-state index is -1.33. The van der Waals surface area contributed by atoms with E-state index >= 15 is 0 Å². The van der Waals surface area contributed by atoms with Crippen LogP contribution in [0.2, 0.25) is 0 Å². The highest BCUT2D eigenvalue weighted by Crippen LogP contribution is 2.36. The number of nitrogens with zero attached hydrogens (tertiary/aromatic N) is 1. The molecular formula is C25H43FN2O9S2. The van der Waals surface area contributed by atoms with E-state index in [0.717, 1.165) is 23.7 Å². The normalized spacial score (nSPS) is 17.0. The summed E-state index contributed by atoms with van der Waals surface area (Å²) in [6, 6.07) is 0. The first kappa shape index (κ1) is 35.7. The van der Waals surface area contributed by atoms with Gasteiger partial charge in [0.1, 0.15) is 0 Å². The average Bonchev–Trinajstić information content (AvgIpc) is 2.80. The van der Waals surface area contributed by atoms with Crippen molar-refractivity contribution in [1.29, 1.82) is 0 Å². The maximum atomic E-state index is 14.2. The molecule has 1 rings (SSSR count). The molecule has 0 bridgehead atoms. The summed E-state index contributed by atoms with van der Waals surface area (Å²) in [5.74, 6) is -4.45. The van der Waals surface area contributed by atoms with Crippen molar-refractivity contribution in [1.82, 2.24) is 9.84 Å². The highest BCUT2D eigenvalue weighted by Gasteiger charge is 2.42. The number of carbonyl (C=O) groups is 4. The van der Waals surface area contributed by atoms with E-state index in [9.17, 15) is 28.8 Å². The third kappa shape index (κ3) is 15.9. The molecule has 0 unspecified atom stereocenters. The lowest BCUT2D eigenvalue weighted by molar-refractivity contribution is -0.300. The van der Waals surface area contributed by atoms with E-state index in [2.05, 4.69) is 4.72 Å². The minimum Gasteiger partial charge on any atom is -0.481 e. The average molecular weight is 599 g/mol. The van der Waals surface area contributed by atoms with Gasteiger partial charge in [-0.1, -0.05) is 43.9 Å². The smallest absolute Gasteiger partial charge is 0.303 e. The first-order chi connectivity index (χ1) is 17.8. The van der Waals surface area contributed by atoms with Crippen molar-refractivity contribution < 1.29 is 48.1 Å². The second-order valence-electron chi connectivity index (χ2n) is 11.6. The molecular weight excluding hydrogens is 555 g/mol. The lowest BCUT2D eigenvalue weighted by Gasteiger charge is -2.43. The summed E-state index contributed by atoms with van der Waals surface area (Å²) >= 11 is 1.65. The standard InChI is InChI=1S/C25H43FN2O9S2/c1-22(2,15-35-24(5,6)34)13-21(33)39-27-10-8-18(29)28(26)11-12-38-20(32)14-25(9-7-19(30)31)36-16-23(3,4)17-37-25/h27,34H,7-17H2,1-6H3,(H,30,31). The molecule has 0 aromatic carbocycles. The maximum absolute atomic E-state index is 14.2. The molecule has 1 saturated heterocycles. The number of nitrogens with one attached hydrogen (secondary N) is 1. The number of carbonyl (C=O) groups excluding carboxylic acids is 3. The molecule has 0 spiro atoms. The molecule has 226 valence electrons. The van der Waals surface area contributed by atoms with Gasteiger partial charge in [-0.3, -0.25) is 23.9 Å². The largest absolute Gasteiger partial charge is 0.481 e. The van der Waals surface area contributed by atoms with Gasteiger partial charge in [-0.25, -0.2) is 0 Å². The molecule has 14 heteroatoms. The quantitative estimate of drug-likeness (QED) is 0.0975. The predicted octanol–water partition coefficient (Wildman–Crippen LogP) is 3.30. The van der Waals surface area contributed by atoms with Crippen LogP contribution in [0.5, 0.6) is 0 Å². The molecule has 1 heterocycles. The van der Waals surface area contributed by atoms with Crippen LogP contribution < -0.4 is 4.72 Å². The Morgan fingerprint density at radius 2 is 1.69 bits per heavy atom. The van der Waals surface area contributed by atoms with Gasteiger partial charge in [-0.2, -0.15) is 5.12 Å². The Morgan fingerprint density at radius 1 is 1.08 bits per heavy atom. The summed E-state index contributed by atoms with van der Waals surface area (Å²) in [5, 5.41) is 18.2. The minimum absolute atomic E-state index is 0.00401. The molecule has 3 N–H and O–H groups in total. The first-order valence-corrected chi connectivity index (χ1v) is 14.5. The van der Waals surface area contributed by atoms with Crippen LogP contribution in [0.25, 0.3) is 0 Å². The van der Waals surface area contributed by atoms with Crippen LogP contribution >= 0.6 is 23.7 Å². The Kier molecular flexibility index (Phi) is 14.3. The Morgan fingerprint density at radius 3 is 2.26 bits per heavy atom. The number of aliphatic hydroxyl groups is 1. The molecule has 0 atom stereocenters. The number of amides is 1. The fraction of sp³-hybridized carbons (Fsp3) is 0.840. The SMILES string of the molecule is CC1(C)COC(CCC(=O)O)(CC(=O)SCCN(F)C(=O)CCNSC(=O)CC(C)(C)COC(C)(C)O)OC1. The second-order valence-corrected chi connectivity index (χ2v) is 13.7. The van der Waals surface area contributed by atoms with Crippen LogP contribution in [0.15, 0.2) is 0 Å². The van der Waals surface area contributed by atoms with Crippen LogP contribution in [0, 0.1) is 10.8 Å². The number of carboxylic acids is 1. The van der Waals surface area contributed by atoms with Gasteiger partial charge in [-0.15, -0.1) is 0 Å². The highest BCUT2D eigenvalue weighted by molar-refractivity contribution is 8.13. The van der Waals surface area contributed by atoms with Crippen LogP contribution in [0.1, 0.15) is 73.6 Å². The summed E-state index contributed by atoms with van der Waals surface area (Å²) in [6.07, 6.45) is -0.413. The number of hydrogen-bond acceptors (Lipinski definition) is 11. The molecule has 1 aliphatic rings. The predicted molar refractivity (Wildman–Crippen MR) is 146 cm³/mol. The van der Waals surface area contributed by atoms with Crippen LogP contribution in [-0.2, 0) is 33.4 Å². The second kappa shape index (κ2) is 15.6. The maximum Gasteiger partial charge on any atom is 0.303 e. The van der Waals surface area contributed by atoms with Gasteiger partial charge >= 0.3 is 5.97 Å². The van der Waals surface area contributed by atoms with Crippen molar-refractivity contribution in [2.75, 3.05) is 38.7 Å². The highest BCUT2D eigenvalue weighted by atomic mass is 32.2. The Labute approximate surface area is 238 Å². The summed E-state index contributed by atoms with van der Waals surface area (Å²) in [6.45, 7) is 11.1. The number of hydrogen-bond donors (Lipinski definition) is 3. The lowest BCUT2D eigenvalue weighted by Crippen LogP contribution is -2.48. The summed E-state index contributed by atoms with van der Waals surface area (Å²) in [4.78, 5) is 47.7. The first-order valence-electron chi connectivity index (χ1n) is 12.7. The van der Waals surface area contributed by atoms with E-state index in [1.807, 2.05) is 27.7 Å². The topological polar surface area (TPSA) is 152 Å². The monoisotopic (exact) mass is 598 g/mol. The Bertz CT molecular complexity index is 840. The number of carboxylic acid groups (broad SMARTS) is 1. The van der Waals surface area contributed by atoms with E-state index in [0.29, 0.717) is 13.2 Å². The van der Waals surface area contributed by atoms with Gasteiger partial charge in [0, 0.05) is 37.0 Å². The van der Waals surface area contributed by atoms with Crippen molar-refractivity contribution in [3.05, 3.63) is 0 Å². The van der Waals surface area contributed by atoms with Gasteiger partial charge in [0.05, 0.1) is 39.2 Å². The Hall–Kier alpha value is -1.29. The van der Waals surface area contributed by atoms with Crippen molar-refractivity contribution in [3.63, 3.8) is 0 Å². The van der Waals surface area contributed by atoms with E-state index < -0.39 is 28.9 Å². The summed E-state index contributed by atoms with van der Waals surface area (Å²) in [7, 11) is 0. The van der Waals surface area contributed by atoms with Crippen LogP contribution in [0.3, 0.4) is 0 Å². The molecule has 0 aliphatic carbocycles. The van der Waals surface area contributed by atoms with E-state index in [1.165, 1.54) is 13.8 Å². The molecule has 1 fully saturated rings. The fourth-order valence-corrected chi connectivity index (χ4v) is 4.89. The number of ether oxygens (including phenoxy) is 3.